The number of thiazole rings is 1. The molecule has 1 saturated heterocycles. The van der Waals surface area contributed by atoms with Crippen LogP contribution in [0.25, 0.3) is 0 Å². The maximum atomic E-state index is 13.1. The van der Waals surface area contributed by atoms with Gasteiger partial charge in [0.15, 0.2) is 0 Å². The number of amides is 2. The Morgan fingerprint density at radius 2 is 1.91 bits per heavy atom. The van der Waals surface area contributed by atoms with E-state index in [4.69, 9.17) is 14.2 Å². The van der Waals surface area contributed by atoms with E-state index in [0.717, 1.165) is 9.90 Å². The molecule has 0 radical (unpaired) electrons. The van der Waals surface area contributed by atoms with Crippen LogP contribution < -0.4 is 9.47 Å². The maximum Gasteiger partial charge on any atom is 0.273 e. The van der Waals surface area contributed by atoms with Gasteiger partial charge in [-0.15, -0.1) is 11.3 Å². The van der Waals surface area contributed by atoms with Crippen LogP contribution in [-0.4, -0.2) is 78.9 Å². The molecule has 174 valence electrons. The van der Waals surface area contributed by atoms with Gasteiger partial charge in [0.1, 0.15) is 28.1 Å². The zero-order chi connectivity index (χ0) is 23.3. The van der Waals surface area contributed by atoms with Crippen molar-refractivity contribution in [3.63, 3.8) is 0 Å². The summed E-state index contributed by atoms with van der Waals surface area (Å²) in [6, 6.07) is 5.56. The molecule has 0 saturated carbocycles. The van der Waals surface area contributed by atoms with E-state index in [0.29, 0.717) is 36.9 Å². The van der Waals surface area contributed by atoms with Crippen molar-refractivity contribution in [2.75, 3.05) is 40.1 Å². The van der Waals surface area contributed by atoms with E-state index in [1.165, 1.54) is 23.1 Å². The van der Waals surface area contributed by atoms with Crippen LogP contribution in [0.4, 0.5) is 0 Å². The molecular weight excluding hydrogens is 450 g/mol. The normalized spacial score (nSPS) is 16.9. The van der Waals surface area contributed by atoms with Crippen molar-refractivity contribution in [3.8, 4) is 11.5 Å². The van der Waals surface area contributed by atoms with Crippen molar-refractivity contribution in [3.05, 3.63) is 34.8 Å². The highest BCUT2D eigenvalue weighted by Crippen LogP contribution is 2.24. The Morgan fingerprint density at radius 3 is 2.47 bits per heavy atom. The number of nitrogens with zero attached hydrogens (tertiary/aromatic N) is 3. The summed E-state index contributed by atoms with van der Waals surface area (Å²) in [4.78, 5) is 33.6. The lowest BCUT2D eigenvalue weighted by atomic mass is 10.2. The average Bonchev–Trinajstić information content (AvgIpc) is 3.21. The number of methoxy groups -OCH3 is 2. The van der Waals surface area contributed by atoms with Crippen LogP contribution in [0.5, 0.6) is 11.5 Å². The Hall–Kier alpha value is -2.30. The minimum Gasteiger partial charge on any atom is -0.497 e. The fraction of sp³-hybridized carbons (Fsp3) is 0.500. The molecule has 3 rings (SSSR count). The lowest BCUT2D eigenvalue weighted by Gasteiger charge is -2.27. The summed E-state index contributed by atoms with van der Waals surface area (Å²) in [5.41, 5.74) is 1.25. The lowest BCUT2D eigenvalue weighted by Crippen LogP contribution is -2.42. The highest BCUT2D eigenvalue weighted by molar-refractivity contribution is 8.00. The number of rotatable bonds is 8. The summed E-state index contributed by atoms with van der Waals surface area (Å²) < 4.78 is 17.7. The van der Waals surface area contributed by atoms with Crippen molar-refractivity contribution >= 4 is 34.9 Å². The SMILES string of the molecule is COc1cc(CO[C@H]2CN(C(=O)c3csc(SC)n3)CC(=O)N(C(C)C)C2)cc(OC)c1. The molecule has 2 aromatic rings. The first-order valence-electron chi connectivity index (χ1n) is 10.3. The molecule has 0 spiro atoms. The molecule has 1 aliphatic rings. The van der Waals surface area contributed by atoms with Crippen LogP contribution in [0.3, 0.4) is 0 Å². The number of carbonyl (C=O) groups is 2. The van der Waals surface area contributed by atoms with Gasteiger partial charge in [-0.25, -0.2) is 4.98 Å². The summed E-state index contributed by atoms with van der Waals surface area (Å²) in [5, 5.41) is 1.74. The second-order valence-electron chi connectivity index (χ2n) is 7.68. The first-order chi connectivity index (χ1) is 15.3. The fourth-order valence-electron chi connectivity index (χ4n) is 3.48. The van der Waals surface area contributed by atoms with Crippen LogP contribution in [0.1, 0.15) is 29.9 Å². The molecule has 10 heteroatoms. The van der Waals surface area contributed by atoms with Crippen molar-refractivity contribution in [2.24, 2.45) is 0 Å². The molecule has 1 aromatic carbocycles. The lowest BCUT2D eigenvalue weighted by molar-refractivity contribution is -0.133. The predicted octanol–water partition coefficient (Wildman–Crippen LogP) is 3.16. The smallest absolute Gasteiger partial charge is 0.273 e. The Kier molecular flexibility index (Phi) is 8.38. The van der Waals surface area contributed by atoms with Gasteiger partial charge < -0.3 is 24.0 Å². The average molecular weight is 480 g/mol. The number of thioether (sulfide) groups is 1. The van der Waals surface area contributed by atoms with Crippen LogP contribution in [0.2, 0.25) is 0 Å². The Labute approximate surface area is 196 Å². The van der Waals surface area contributed by atoms with Gasteiger partial charge in [-0.2, -0.15) is 0 Å². The minimum absolute atomic E-state index is 0.00271. The van der Waals surface area contributed by atoms with E-state index < -0.39 is 0 Å². The third-order valence-electron chi connectivity index (χ3n) is 5.16. The number of carbonyl (C=O) groups excluding carboxylic acids is 2. The molecule has 1 fully saturated rings. The molecule has 8 nitrogen and oxygen atoms in total. The van der Waals surface area contributed by atoms with Gasteiger partial charge in [-0.1, -0.05) is 11.8 Å². The van der Waals surface area contributed by atoms with Gasteiger partial charge >= 0.3 is 0 Å². The van der Waals surface area contributed by atoms with Crippen molar-refractivity contribution in [1.82, 2.24) is 14.8 Å². The maximum absolute atomic E-state index is 13.1. The van der Waals surface area contributed by atoms with Gasteiger partial charge in [-0.3, -0.25) is 9.59 Å². The van der Waals surface area contributed by atoms with Gasteiger partial charge in [0, 0.05) is 30.6 Å². The van der Waals surface area contributed by atoms with E-state index in [1.54, 1.807) is 35.5 Å². The van der Waals surface area contributed by atoms with Crippen LogP contribution in [0, 0.1) is 0 Å². The van der Waals surface area contributed by atoms with Gasteiger partial charge in [-0.05, 0) is 37.8 Å². The highest BCUT2D eigenvalue weighted by Gasteiger charge is 2.33. The van der Waals surface area contributed by atoms with Crippen molar-refractivity contribution in [2.45, 2.75) is 36.9 Å². The molecule has 0 aliphatic carbocycles. The third-order valence-corrected chi connectivity index (χ3v) is 7.02. The molecule has 32 heavy (non-hydrogen) atoms. The standard InChI is InChI=1S/C22H29N3O5S2/c1-14(2)25-10-18(30-12-15-6-16(28-3)8-17(7-15)29-4)9-24(11-20(25)26)21(27)19-13-32-22(23-19)31-5/h6-8,13-14,18H,9-12H2,1-5H3/t18-/m0/s1. The topological polar surface area (TPSA) is 81.2 Å². The Balaban J connectivity index is 1.78. The number of hydrogen-bond acceptors (Lipinski definition) is 8. The van der Waals surface area contributed by atoms with Crippen molar-refractivity contribution in [1.29, 1.82) is 0 Å². The predicted molar refractivity (Wildman–Crippen MR) is 125 cm³/mol. The number of benzene rings is 1. The molecule has 0 N–H and O–H groups in total. The number of ether oxygens (including phenoxy) is 3. The quantitative estimate of drug-likeness (QED) is 0.538. The van der Waals surface area contributed by atoms with Gasteiger partial charge in [0.2, 0.25) is 5.91 Å². The third kappa shape index (κ3) is 5.93. The molecule has 1 aromatic heterocycles. The Morgan fingerprint density at radius 1 is 1.22 bits per heavy atom. The van der Waals surface area contributed by atoms with Crippen LogP contribution in [-0.2, 0) is 16.1 Å². The van der Waals surface area contributed by atoms with Crippen LogP contribution >= 0.6 is 23.1 Å². The van der Waals surface area contributed by atoms with E-state index in [-0.39, 0.29) is 30.5 Å². The van der Waals surface area contributed by atoms with Crippen LogP contribution in [0.15, 0.2) is 27.9 Å². The fourth-order valence-corrected chi connectivity index (χ4v) is 4.71. The molecule has 0 bridgehead atoms. The summed E-state index contributed by atoms with van der Waals surface area (Å²) in [6.45, 7) is 4.95. The second kappa shape index (κ2) is 11.0. The molecule has 2 amide bonds. The van der Waals surface area contributed by atoms with E-state index >= 15 is 0 Å². The monoisotopic (exact) mass is 479 g/mol. The molecule has 2 heterocycles. The minimum atomic E-state index is -0.344. The molecule has 1 aliphatic heterocycles. The van der Waals surface area contributed by atoms with E-state index in [2.05, 4.69) is 4.98 Å². The molecular formula is C22H29N3O5S2. The molecule has 0 unspecified atom stereocenters. The van der Waals surface area contributed by atoms with Crippen molar-refractivity contribution < 1.29 is 23.8 Å². The first kappa shape index (κ1) is 24.3. The number of aromatic nitrogens is 1. The number of hydrogen-bond donors (Lipinski definition) is 0. The van der Waals surface area contributed by atoms with E-state index in [1.807, 2.05) is 32.2 Å². The van der Waals surface area contributed by atoms with E-state index in [9.17, 15) is 9.59 Å². The zero-order valence-corrected chi connectivity index (χ0v) is 20.6. The second-order valence-corrected chi connectivity index (χ2v) is 9.59. The Bertz CT molecular complexity index is 927. The molecule has 1 atom stereocenters. The highest BCUT2D eigenvalue weighted by atomic mass is 32.2. The summed E-state index contributed by atoms with van der Waals surface area (Å²) in [7, 11) is 3.20. The largest absolute Gasteiger partial charge is 0.497 e. The van der Waals surface area contributed by atoms with Gasteiger partial charge in [0.25, 0.3) is 5.91 Å². The zero-order valence-electron chi connectivity index (χ0n) is 19.0. The summed E-state index contributed by atoms with van der Waals surface area (Å²) in [5.74, 6) is 1.00. The summed E-state index contributed by atoms with van der Waals surface area (Å²) in [6.07, 6.45) is 1.57. The first-order valence-corrected chi connectivity index (χ1v) is 12.4. The van der Waals surface area contributed by atoms with Gasteiger partial charge in [0.05, 0.1) is 26.9 Å². The summed E-state index contributed by atoms with van der Waals surface area (Å²) >= 11 is 2.91.